The third-order valence-electron chi connectivity index (χ3n) is 8.34. The smallest absolute Gasteiger partial charge is 0.151 e. The molecule has 0 amide bonds. The van der Waals surface area contributed by atoms with Crippen molar-refractivity contribution in [3.8, 4) is 0 Å². The summed E-state index contributed by atoms with van der Waals surface area (Å²) in [5, 5.41) is 17.8. The number of aliphatic hydroxyl groups excluding tert-OH is 1. The molecule has 1 unspecified atom stereocenters. The molecule has 0 spiro atoms. The SMILES string of the molecule is CCCCCCCCC(CCCCCCCC)OC(C)CCCCCCCN(C)CCCCCCCC(O)O. The van der Waals surface area contributed by atoms with E-state index in [-0.39, 0.29) is 0 Å². The van der Waals surface area contributed by atoms with Gasteiger partial charge in [-0.25, -0.2) is 0 Å². The number of ether oxygens (including phenoxy) is 1. The number of nitrogens with zero attached hydrogens (tertiary/aromatic N) is 1. The van der Waals surface area contributed by atoms with Crippen LogP contribution in [-0.4, -0.2) is 53.7 Å². The summed E-state index contributed by atoms with van der Waals surface area (Å²) in [4.78, 5) is 2.49. The van der Waals surface area contributed by atoms with Crippen LogP contribution in [0.15, 0.2) is 0 Å². The maximum Gasteiger partial charge on any atom is 0.151 e. The number of unbranched alkanes of at least 4 members (excludes halogenated alkanes) is 18. The van der Waals surface area contributed by atoms with Crippen molar-refractivity contribution in [3.05, 3.63) is 0 Å². The molecule has 0 saturated heterocycles. The first-order valence-corrected chi connectivity index (χ1v) is 17.7. The maximum atomic E-state index is 8.88. The molecule has 0 aliphatic heterocycles. The summed E-state index contributed by atoms with van der Waals surface area (Å²) in [7, 11) is 2.26. The molecular formula is C35H73NO3. The second-order valence-electron chi connectivity index (χ2n) is 12.6. The van der Waals surface area contributed by atoms with Gasteiger partial charge in [0.15, 0.2) is 6.29 Å². The van der Waals surface area contributed by atoms with Gasteiger partial charge < -0.3 is 19.8 Å². The standard InChI is InChI=1S/C35H73NO3/c1-5-7-9-11-16-22-28-34(29-23-17-12-10-8-6-2)39-33(3)27-21-15-13-19-25-31-36(4)32-26-20-14-18-24-30-35(37)38/h33-35,37-38H,5-32H2,1-4H3. The predicted octanol–water partition coefficient (Wildman–Crippen LogP) is 10.2. The van der Waals surface area contributed by atoms with Gasteiger partial charge in [0.1, 0.15) is 0 Å². The molecule has 0 aliphatic rings. The van der Waals surface area contributed by atoms with Crippen molar-refractivity contribution in [2.45, 2.75) is 206 Å². The van der Waals surface area contributed by atoms with E-state index in [1.807, 2.05) is 0 Å². The summed E-state index contributed by atoms with van der Waals surface area (Å²) in [6, 6.07) is 0. The number of rotatable bonds is 32. The summed E-state index contributed by atoms with van der Waals surface area (Å²) in [6.07, 6.45) is 33.1. The number of hydrogen-bond acceptors (Lipinski definition) is 4. The van der Waals surface area contributed by atoms with Crippen LogP contribution in [-0.2, 0) is 4.74 Å². The number of aliphatic hydroxyl groups is 2. The Hall–Kier alpha value is -0.160. The van der Waals surface area contributed by atoms with E-state index in [4.69, 9.17) is 14.9 Å². The lowest BCUT2D eigenvalue weighted by Gasteiger charge is -2.23. The summed E-state index contributed by atoms with van der Waals surface area (Å²) in [5.74, 6) is 0. The molecule has 0 aromatic carbocycles. The average Bonchev–Trinajstić information content (AvgIpc) is 2.91. The van der Waals surface area contributed by atoms with E-state index in [1.165, 1.54) is 161 Å². The highest BCUT2D eigenvalue weighted by Crippen LogP contribution is 2.20. The van der Waals surface area contributed by atoms with Crippen molar-refractivity contribution in [1.29, 1.82) is 0 Å². The first-order chi connectivity index (χ1) is 19.0. The van der Waals surface area contributed by atoms with Crippen molar-refractivity contribution in [2.75, 3.05) is 20.1 Å². The van der Waals surface area contributed by atoms with Crippen LogP contribution in [0.1, 0.15) is 188 Å². The molecule has 0 aromatic rings. The Labute approximate surface area is 246 Å². The molecule has 4 heteroatoms. The van der Waals surface area contributed by atoms with Crippen LogP contribution in [0.3, 0.4) is 0 Å². The minimum Gasteiger partial charge on any atom is -0.375 e. The molecule has 39 heavy (non-hydrogen) atoms. The molecule has 0 aliphatic carbocycles. The van der Waals surface area contributed by atoms with Gasteiger partial charge >= 0.3 is 0 Å². The Balaban J connectivity index is 3.86. The van der Waals surface area contributed by atoms with Crippen molar-refractivity contribution in [1.82, 2.24) is 4.90 Å². The lowest BCUT2D eigenvalue weighted by Crippen LogP contribution is -2.21. The van der Waals surface area contributed by atoms with Crippen LogP contribution >= 0.6 is 0 Å². The summed E-state index contributed by atoms with van der Waals surface area (Å²) >= 11 is 0. The zero-order chi connectivity index (χ0) is 28.8. The zero-order valence-electron chi connectivity index (χ0n) is 27.3. The van der Waals surface area contributed by atoms with Gasteiger partial charge in [-0.2, -0.15) is 0 Å². The highest BCUT2D eigenvalue weighted by molar-refractivity contribution is 4.64. The third-order valence-corrected chi connectivity index (χ3v) is 8.34. The Bertz CT molecular complexity index is 443. The molecular weight excluding hydrogens is 482 g/mol. The first kappa shape index (κ1) is 38.8. The second kappa shape index (κ2) is 30.8. The van der Waals surface area contributed by atoms with Gasteiger partial charge in [0.2, 0.25) is 0 Å². The topological polar surface area (TPSA) is 52.9 Å². The van der Waals surface area contributed by atoms with E-state index >= 15 is 0 Å². The lowest BCUT2D eigenvalue weighted by atomic mass is 10.0. The van der Waals surface area contributed by atoms with Crippen LogP contribution in [0.25, 0.3) is 0 Å². The van der Waals surface area contributed by atoms with Gasteiger partial charge in [0.05, 0.1) is 12.2 Å². The molecule has 0 rings (SSSR count). The van der Waals surface area contributed by atoms with Crippen molar-refractivity contribution in [2.24, 2.45) is 0 Å². The van der Waals surface area contributed by atoms with E-state index < -0.39 is 6.29 Å². The van der Waals surface area contributed by atoms with Crippen LogP contribution in [0.5, 0.6) is 0 Å². The first-order valence-electron chi connectivity index (χ1n) is 17.7. The van der Waals surface area contributed by atoms with E-state index in [9.17, 15) is 0 Å². The molecule has 4 nitrogen and oxygen atoms in total. The Morgan fingerprint density at radius 2 is 0.846 bits per heavy atom. The highest BCUT2D eigenvalue weighted by Gasteiger charge is 2.13. The fourth-order valence-corrected chi connectivity index (χ4v) is 5.68. The summed E-state index contributed by atoms with van der Waals surface area (Å²) in [6.45, 7) is 9.32. The fraction of sp³-hybridized carbons (Fsp3) is 1.00. The minimum absolute atomic E-state index is 0.412. The van der Waals surface area contributed by atoms with Gasteiger partial charge in [-0.3, -0.25) is 0 Å². The fourth-order valence-electron chi connectivity index (χ4n) is 5.68. The molecule has 1 atom stereocenters. The van der Waals surface area contributed by atoms with Gasteiger partial charge in [-0.1, -0.05) is 136 Å². The molecule has 0 aromatic heterocycles. The Morgan fingerprint density at radius 3 is 1.28 bits per heavy atom. The van der Waals surface area contributed by atoms with Gasteiger partial charge in [-0.15, -0.1) is 0 Å². The predicted molar refractivity (Wildman–Crippen MR) is 171 cm³/mol. The largest absolute Gasteiger partial charge is 0.375 e. The van der Waals surface area contributed by atoms with E-state index in [0.29, 0.717) is 18.6 Å². The molecule has 0 bridgehead atoms. The summed E-state index contributed by atoms with van der Waals surface area (Å²) in [5.41, 5.74) is 0. The quantitative estimate of drug-likeness (QED) is 0.0640. The van der Waals surface area contributed by atoms with Crippen LogP contribution in [0.4, 0.5) is 0 Å². The lowest BCUT2D eigenvalue weighted by molar-refractivity contribution is -0.0466. The third kappa shape index (κ3) is 30.6. The normalized spacial score (nSPS) is 12.8. The van der Waals surface area contributed by atoms with Gasteiger partial charge in [0.25, 0.3) is 0 Å². The molecule has 0 heterocycles. The highest BCUT2D eigenvalue weighted by atomic mass is 16.5. The maximum absolute atomic E-state index is 8.88. The Morgan fingerprint density at radius 1 is 0.487 bits per heavy atom. The molecule has 236 valence electrons. The second-order valence-corrected chi connectivity index (χ2v) is 12.6. The molecule has 0 fully saturated rings. The molecule has 0 saturated carbocycles. The monoisotopic (exact) mass is 556 g/mol. The van der Waals surface area contributed by atoms with Crippen molar-refractivity contribution in [3.63, 3.8) is 0 Å². The van der Waals surface area contributed by atoms with Crippen LogP contribution in [0, 0.1) is 0 Å². The van der Waals surface area contributed by atoms with Crippen LogP contribution < -0.4 is 0 Å². The number of hydrogen-bond donors (Lipinski definition) is 2. The summed E-state index contributed by atoms with van der Waals surface area (Å²) < 4.78 is 6.61. The van der Waals surface area contributed by atoms with Gasteiger partial charge in [0, 0.05) is 0 Å². The molecule has 2 N–H and O–H groups in total. The van der Waals surface area contributed by atoms with E-state index in [1.54, 1.807) is 0 Å². The zero-order valence-corrected chi connectivity index (χ0v) is 27.3. The van der Waals surface area contributed by atoms with Crippen LogP contribution in [0.2, 0.25) is 0 Å². The van der Waals surface area contributed by atoms with E-state index in [2.05, 4.69) is 32.7 Å². The van der Waals surface area contributed by atoms with Gasteiger partial charge in [-0.05, 0) is 72.0 Å². The van der Waals surface area contributed by atoms with E-state index in [0.717, 1.165) is 12.8 Å². The van der Waals surface area contributed by atoms with Crippen molar-refractivity contribution < 1.29 is 14.9 Å². The Kier molecular flexibility index (Phi) is 30.7. The molecule has 0 radical (unpaired) electrons. The van der Waals surface area contributed by atoms with Crippen molar-refractivity contribution >= 4 is 0 Å². The average molecular weight is 556 g/mol. The minimum atomic E-state index is -1.13.